The molecule has 156 valence electrons. The van der Waals surface area contributed by atoms with Crippen LogP contribution in [0.25, 0.3) is 17.4 Å². The molecule has 0 unspecified atom stereocenters. The van der Waals surface area contributed by atoms with Crippen molar-refractivity contribution >= 4 is 57.8 Å². The maximum absolute atomic E-state index is 13.0. The van der Waals surface area contributed by atoms with Crippen molar-refractivity contribution in [2.24, 2.45) is 4.99 Å². The Bertz CT molecular complexity index is 1190. The van der Waals surface area contributed by atoms with Crippen molar-refractivity contribution in [1.29, 1.82) is 0 Å². The summed E-state index contributed by atoms with van der Waals surface area (Å²) in [5.74, 6) is 0.913. The van der Waals surface area contributed by atoms with Gasteiger partial charge in [-0.1, -0.05) is 53.0 Å². The average Bonchev–Trinajstić information content (AvgIpc) is 3.30. The van der Waals surface area contributed by atoms with E-state index in [-0.39, 0.29) is 5.91 Å². The van der Waals surface area contributed by atoms with E-state index in [1.807, 2.05) is 31.2 Å². The summed E-state index contributed by atoms with van der Waals surface area (Å²) in [6, 6.07) is 16.7. The summed E-state index contributed by atoms with van der Waals surface area (Å²) in [7, 11) is 0. The van der Waals surface area contributed by atoms with E-state index in [1.54, 1.807) is 47.4 Å². The Morgan fingerprint density at radius 2 is 1.81 bits per heavy atom. The maximum Gasteiger partial charge on any atom is 0.267 e. The van der Waals surface area contributed by atoms with Gasteiger partial charge in [0.2, 0.25) is 0 Å². The van der Waals surface area contributed by atoms with Crippen molar-refractivity contribution < 1.29 is 9.21 Å². The standard InChI is InChI=1S/C24H18Cl2N2O2S/c1-3-13-28-23(29)21(31-24(28)27-16-9-7-15(2)8-10-16)14-17-11-12-20(30-17)22-18(25)5-4-6-19(22)26/h3-12,14H,1,13H2,2H3/b21-14-,27-24?. The van der Waals surface area contributed by atoms with E-state index < -0.39 is 0 Å². The largest absolute Gasteiger partial charge is 0.457 e. The minimum Gasteiger partial charge on any atom is -0.457 e. The number of thioether (sulfide) groups is 1. The normalized spacial score (nSPS) is 16.5. The number of rotatable bonds is 5. The second-order valence-corrected chi connectivity index (χ2v) is 8.67. The molecule has 4 nitrogen and oxygen atoms in total. The summed E-state index contributed by atoms with van der Waals surface area (Å²) >= 11 is 13.9. The Kier molecular flexibility index (Phi) is 6.37. The van der Waals surface area contributed by atoms with Crippen molar-refractivity contribution in [2.75, 3.05) is 6.54 Å². The molecular formula is C24H18Cl2N2O2S. The quantitative estimate of drug-likeness (QED) is 0.290. The first-order valence-electron chi connectivity index (χ1n) is 9.48. The van der Waals surface area contributed by atoms with Crippen molar-refractivity contribution in [3.63, 3.8) is 0 Å². The molecule has 1 amide bonds. The highest BCUT2D eigenvalue weighted by atomic mass is 35.5. The van der Waals surface area contributed by atoms with Crippen LogP contribution in [0.15, 0.2) is 81.6 Å². The molecule has 2 aromatic carbocycles. The van der Waals surface area contributed by atoms with Crippen molar-refractivity contribution in [3.8, 4) is 11.3 Å². The van der Waals surface area contributed by atoms with E-state index in [1.165, 1.54) is 11.8 Å². The van der Waals surface area contributed by atoms with Crippen molar-refractivity contribution in [1.82, 2.24) is 4.90 Å². The first-order valence-corrected chi connectivity index (χ1v) is 11.1. The van der Waals surface area contributed by atoms with Gasteiger partial charge in [0.15, 0.2) is 5.17 Å². The highest BCUT2D eigenvalue weighted by Crippen LogP contribution is 2.38. The number of halogens is 2. The molecule has 0 saturated carbocycles. The van der Waals surface area contributed by atoms with Gasteiger partial charge >= 0.3 is 0 Å². The van der Waals surface area contributed by atoms with Gasteiger partial charge < -0.3 is 4.42 Å². The summed E-state index contributed by atoms with van der Waals surface area (Å²) in [4.78, 5) is 19.7. The SMILES string of the molecule is C=CCN1C(=O)/C(=C/c2ccc(-c3c(Cl)cccc3Cl)o2)SC1=Nc1ccc(C)cc1. The lowest BCUT2D eigenvalue weighted by atomic mass is 10.2. The first-order chi connectivity index (χ1) is 15.0. The first kappa shape index (κ1) is 21.5. The van der Waals surface area contributed by atoms with Gasteiger partial charge in [0, 0.05) is 12.6 Å². The second-order valence-electron chi connectivity index (χ2n) is 6.84. The van der Waals surface area contributed by atoms with Gasteiger partial charge in [-0.05, 0) is 55.1 Å². The molecule has 0 spiro atoms. The number of carbonyl (C=O) groups is 1. The smallest absolute Gasteiger partial charge is 0.267 e. The van der Waals surface area contributed by atoms with Crippen LogP contribution in [-0.4, -0.2) is 22.5 Å². The third-order valence-electron chi connectivity index (χ3n) is 4.57. The molecule has 1 fully saturated rings. The molecule has 0 atom stereocenters. The summed E-state index contributed by atoms with van der Waals surface area (Å²) in [6.45, 7) is 6.14. The van der Waals surface area contributed by atoms with Crippen LogP contribution in [-0.2, 0) is 4.79 Å². The van der Waals surface area contributed by atoms with Crippen LogP contribution in [0, 0.1) is 6.92 Å². The number of nitrogens with zero attached hydrogens (tertiary/aromatic N) is 2. The minimum absolute atomic E-state index is 0.149. The predicted molar refractivity (Wildman–Crippen MR) is 130 cm³/mol. The Morgan fingerprint density at radius 3 is 2.48 bits per heavy atom. The van der Waals surface area contributed by atoms with Gasteiger partial charge in [-0.3, -0.25) is 9.69 Å². The molecule has 0 bridgehead atoms. The van der Waals surface area contributed by atoms with Gasteiger partial charge in [-0.15, -0.1) is 6.58 Å². The summed E-state index contributed by atoms with van der Waals surface area (Å²) < 4.78 is 5.91. The molecule has 0 radical (unpaired) electrons. The number of amidine groups is 1. The van der Waals surface area contributed by atoms with E-state index in [4.69, 9.17) is 27.6 Å². The molecule has 1 aromatic heterocycles. The fraction of sp³-hybridized carbons (Fsp3) is 0.0833. The lowest BCUT2D eigenvalue weighted by molar-refractivity contribution is -0.121. The van der Waals surface area contributed by atoms with E-state index in [0.29, 0.717) is 43.7 Å². The van der Waals surface area contributed by atoms with Crippen LogP contribution in [0.1, 0.15) is 11.3 Å². The molecule has 0 N–H and O–H groups in total. The van der Waals surface area contributed by atoms with E-state index in [0.717, 1.165) is 11.3 Å². The number of amides is 1. The van der Waals surface area contributed by atoms with Crippen molar-refractivity contribution in [2.45, 2.75) is 6.92 Å². The number of aryl methyl sites for hydroxylation is 1. The van der Waals surface area contributed by atoms with Crippen LogP contribution in [0.2, 0.25) is 10.0 Å². The maximum atomic E-state index is 13.0. The van der Waals surface area contributed by atoms with E-state index in [9.17, 15) is 4.79 Å². The third kappa shape index (κ3) is 4.64. The van der Waals surface area contributed by atoms with Gasteiger partial charge in [-0.25, -0.2) is 4.99 Å². The van der Waals surface area contributed by atoms with Crippen LogP contribution in [0.5, 0.6) is 0 Å². The van der Waals surface area contributed by atoms with Gasteiger partial charge in [-0.2, -0.15) is 0 Å². The highest BCUT2D eigenvalue weighted by molar-refractivity contribution is 8.18. The fourth-order valence-electron chi connectivity index (χ4n) is 3.04. The van der Waals surface area contributed by atoms with Crippen molar-refractivity contribution in [3.05, 3.63) is 93.5 Å². The topological polar surface area (TPSA) is 45.8 Å². The lowest BCUT2D eigenvalue weighted by Crippen LogP contribution is -2.29. The summed E-state index contributed by atoms with van der Waals surface area (Å²) in [5.41, 5.74) is 2.55. The average molecular weight is 469 g/mol. The van der Waals surface area contributed by atoms with Crippen LogP contribution in [0.4, 0.5) is 5.69 Å². The summed E-state index contributed by atoms with van der Waals surface area (Å²) in [6.07, 6.45) is 3.38. The summed E-state index contributed by atoms with van der Waals surface area (Å²) in [5, 5.41) is 1.59. The van der Waals surface area contributed by atoms with Gasteiger partial charge in [0.05, 0.1) is 26.2 Å². The zero-order valence-corrected chi connectivity index (χ0v) is 19.0. The molecule has 31 heavy (non-hydrogen) atoms. The molecule has 2 heterocycles. The Morgan fingerprint density at radius 1 is 1.10 bits per heavy atom. The zero-order chi connectivity index (χ0) is 22.0. The molecule has 0 aliphatic carbocycles. The molecule has 1 saturated heterocycles. The molecular weight excluding hydrogens is 451 g/mol. The van der Waals surface area contributed by atoms with Crippen LogP contribution >= 0.6 is 35.0 Å². The number of hydrogen-bond acceptors (Lipinski definition) is 4. The zero-order valence-electron chi connectivity index (χ0n) is 16.6. The highest BCUT2D eigenvalue weighted by Gasteiger charge is 2.33. The van der Waals surface area contributed by atoms with Gasteiger partial charge in [0.25, 0.3) is 5.91 Å². The number of aliphatic imine (C=N–C) groups is 1. The number of hydrogen-bond donors (Lipinski definition) is 0. The van der Waals surface area contributed by atoms with Crippen LogP contribution in [0.3, 0.4) is 0 Å². The third-order valence-corrected chi connectivity index (χ3v) is 6.20. The second kappa shape index (κ2) is 9.18. The molecule has 4 rings (SSSR count). The van der Waals surface area contributed by atoms with Crippen LogP contribution < -0.4 is 0 Å². The Labute approximate surface area is 194 Å². The molecule has 7 heteroatoms. The van der Waals surface area contributed by atoms with E-state index in [2.05, 4.69) is 11.6 Å². The predicted octanol–water partition coefficient (Wildman–Crippen LogP) is 7.35. The molecule has 1 aliphatic heterocycles. The Balaban J connectivity index is 1.65. The number of benzene rings is 2. The number of furan rings is 1. The lowest BCUT2D eigenvalue weighted by Gasteiger charge is -2.12. The Hall–Kier alpha value is -2.73. The number of carbonyl (C=O) groups excluding carboxylic acids is 1. The van der Waals surface area contributed by atoms with Gasteiger partial charge in [0.1, 0.15) is 11.5 Å². The van der Waals surface area contributed by atoms with E-state index >= 15 is 0 Å². The molecule has 1 aliphatic rings. The fourth-order valence-corrected chi connectivity index (χ4v) is 4.61. The molecule has 3 aromatic rings. The monoisotopic (exact) mass is 468 g/mol. The minimum atomic E-state index is -0.149.